The molecule has 4 nitrogen and oxygen atoms in total. The van der Waals surface area contributed by atoms with Gasteiger partial charge in [-0.05, 0) is 55.4 Å². The molecule has 6 heteroatoms. The third-order valence-electron chi connectivity index (χ3n) is 3.95. The van der Waals surface area contributed by atoms with Gasteiger partial charge in [0, 0.05) is 29.6 Å². The standard InChI is InChI=1S/C19H19ClN4S/c1-13-7-8-16(11-17(13)20)23-19(25)22-12-15-5-3-4-6-18(15)24-10-9-21-14(24)2/h3-11H,12H2,1-2H3,(H2,22,23,25). The Morgan fingerprint density at radius 1 is 1.20 bits per heavy atom. The highest BCUT2D eigenvalue weighted by Gasteiger charge is 2.07. The summed E-state index contributed by atoms with van der Waals surface area (Å²) in [5.74, 6) is 0.947. The molecule has 3 aromatic rings. The maximum Gasteiger partial charge on any atom is 0.171 e. The molecule has 128 valence electrons. The molecule has 0 spiro atoms. The highest BCUT2D eigenvalue weighted by molar-refractivity contribution is 7.80. The zero-order valence-corrected chi connectivity index (χ0v) is 15.7. The Labute approximate surface area is 157 Å². The Bertz CT molecular complexity index is 904. The maximum absolute atomic E-state index is 6.15. The van der Waals surface area contributed by atoms with Crippen LogP contribution in [-0.4, -0.2) is 14.7 Å². The molecule has 0 aliphatic carbocycles. The summed E-state index contributed by atoms with van der Waals surface area (Å²) in [4.78, 5) is 4.29. The lowest BCUT2D eigenvalue weighted by molar-refractivity contribution is 0.885. The lowest BCUT2D eigenvalue weighted by Crippen LogP contribution is -2.28. The molecule has 2 N–H and O–H groups in total. The van der Waals surface area contributed by atoms with Crippen LogP contribution in [0.2, 0.25) is 5.02 Å². The average Bonchev–Trinajstić information content (AvgIpc) is 3.02. The van der Waals surface area contributed by atoms with Crippen molar-refractivity contribution < 1.29 is 0 Å². The molecule has 0 aliphatic rings. The molecule has 0 unspecified atom stereocenters. The number of nitrogens with zero attached hydrogens (tertiary/aromatic N) is 2. The normalized spacial score (nSPS) is 10.5. The quantitative estimate of drug-likeness (QED) is 0.657. The van der Waals surface area contributed by atoms with Gasteiger partial charge >= 0.3 is 0 Å². The van der Waals surface area contributed by atoms with Crippen LogP contribution in [-0.2, 0) is 6.54 Å². The Hall–Kier alpha value is -2.37. The Morgan fingerprint density at radius 3 is 2.72 bits per heavy atom. The van der Waals surface area contributed by atoms with Crippen LogP contribution < -0.4 is 10.6 Å². The average molecular weight is 371 g/mol. The molecule has 0 aliphatic heterocycles. The first-order chi connectivity index (χ1) is 12.0. The summed E-state index contributed by atoms with van der Waals surface area (Å²) in [7, 11) is 0. The van der Waals surface area contributed by atoms with Gasteiger partial charge in [-0.1, -0.05) is 35.9 Å². The van der Waals surface area contributed by atoms with E-state index in [4.69, 9.17) is 23.8 Å². The third-order valence-corrected chi connectivity index (χ3v) is 4.60. The zero-order valence-electron chi connectivity index (χ0n) is 14.1. The fourth-order valence-corrected chi connectivity index (χ4v) is 2.92. The van der Waals surface area contributed by atoms with Crippen molar-refractivity contribution in [1.29, 1.82) is 0 Å². The molecule has 25 heavy (non-hydrogen) atoms. The largest absolute Gasteiger partial charge is 0.358 e. The Morgan fingerprint density at radius 2 is 2.00 bits per heavy atom. The fourth-order valence-electron chi connectivity index (χ4n) is 2.55. The van der Waals surface area contributed by atoms with Crippen molar-refractivity contribution in [3.8, 4) is 5.69 Å². The highest BCUT2D eigenvalue weighted by atomic mass is 35.5. The van der Waals surface area contributed by atoms with E-state index < -0.39 is 0 Å². The predicted octanol–water partition coefficient (Wildman–Crippen LogP) is 4.63. The van der Waals surface area contributed by atoms with Crippen molar-refractivity contribution in [1.82, 2.24) is 14.9 Å². The zero-order chi connectivity index (χ0) is 17.8. The minimum Gasteiger partial charge on any atom is -0.358 e. The molecule has 0 amide bonds. The smallest absolute Gasteiger partial charge is 0.171 e. The molecule has 0 fully saturated rings. The summed E-state index contributed by atoms with van der Waals surface area (Å²) in [5.41, 5.74) is 4.13. The first-order valence-electron chi connectivity index (χ1n) is 7.94. The summed E-state index contributed by atoms with van der Waals surface area (Å²) in [6.45, 7) is 4.56. The SMILES string of the molecule is Cc1ccc(NC(=S)NCc2ccccc2-n2ccnc2C)cc1Cl. The number of aromatic nitrogens is 2. The van der Waals surface area contributed by atoms with Crippen LogP contribution in [0.25, 0.3) is 5.69 Å². The molecule has 1 aromatic heterocycles. The number of hydrogen-bond donors (Lipinski definition) is 2. The Balaban J connectivity index is 1.68. The minimum atomic E-state index is 0.553. The van der Waals surface area contributed by atoms with Gasteiger partial charge in [-0.25, -0.2) is 4.98 Å². The number of halogens is 1. The lowest BCUT2D eigenvalue weighted by atomic mass is 10.1. The number of thiocarbonyl (C=S) groups is 1. The monoisotopic (exact) mass is 370 g/mol. The molecule has 0 radical (unpaired) electrons. The van der Waals surface area contributed by atoms with Crippen LogP contribution >= 0.6 is 23.8 Å². The molecule has 0 atom stereocenters. The van der Waals surface area contributed by atoms with E-state index >= 15 is 0 Å². The van der Waals surface area contributed by atoms with Crippen LogP contribution in [0.3, 0.4) is 0 Å². The Kier molecular flexibility index (Phi) is 5.36. The van der Waals surface area contributed by atoms with Crippen molar-refractivity contribution in [3.63, 3.8) is 0 Å². The van der Waals surface area contributed by atoms with Gasteiger partial charge in [0.1, 0.15) is 5.82 Å². The van der Waals surface area contributed by atoms with Gasteiger partial charge in [-0.2, -0.15) is 0 Å². The van der Waals surface area contributed by atoms with Gasteiger partial charge < -0.3 is 15.2 Å². The fraction of sp³-hybridized carbons (Fsp3) is 0.158. The summed E-state index contributed by atoms with van der Waals surface area (Å²) < 4.78 is 2.06. The first-order valence-corrected chi connectivity index (χ1v) is 8.72. The molecule has 0 bridgehead atoms. The van der Waals surface area contributed by atoms with E-state index in [-0.39, 0.29) is 0 Å². The molecule has 1 heterocycles. The summed E-state index contributed by atoms with van der Waals surface area (Å²) in [5, 5.41) is 7.68. The topological polar surface area (TPSA) is 41.9 Å². The van der Waals surface area contributed by atoms with Crippen LogP contribution in [0.4, 0.5) is 5.69 Å². The van der Waals surface area contributed by atoms with E-state index in [1.54, 1.807) is 6.20 Å². The second-order valence-corrected chi connectivity index (χ2v) is 6.56. The van der Waals surface area contributed by atoms with Crippen molar-refractivity contribution in [2.75, 3.05) is 5.32 Å². The van der Waals surface area contributed by atoms with Crippen molar-refractivity contribution in [3.05, 3.63) is 76.8 Å². The number of hydrogen-bond acceptors (Lipinski definition) is 2. The molecule has 0 saturated heterocycles. The second-order valence-electron chi connectivity index (χ2n) is 5.74. The van der Waals surface area contributed by atoms with E-state index in [9.17, 15) is 0 Å². The number of anilines is 1. The van der Waals surface area contributed by atoms with Crippen molar-refractivity contribution >= 4 is 34.6 Å². The van der Waals surface area contributed by atoms with E-state index in [0.29, 0.717) is 16.7 Å². The number of imidazole rings is 1. The third kappa shape index (κ3) is 4.18. The predicted molar refractivity (Wildman–Crippen MR) is 108 cm³/mol. The molecular weight excluding hydrogens is 352 g/mol. The number of para-hydroxylation sites is 1. The maximum atomic E-state index is 6.15. The van der Waals surface area contributed by atoms with Gasteiger partial charge in [0.2, 0.25) is 0 Å². The molecular formula is C19H19ClN4S. The first kappa shape index (κ1) is 17.5. The minimum absolute atomic E-state index is 0.553. The number of rotatable bonds is 4. The highest BCUT2D eigenvalue weighted by Crippen LogP contribution is 2.20. The van der Waals surface area contributed by atoms with E-state index in [0.717, 1.165) is 28.3 Å². The number of aryl methyl sites for hydroxylation is 2. The summed E-state index contributed by atoms with van der Waals surface area (Å²) in [6.07, 6.45) is 3.76. The molecule has 2 aromatic carbocycles. The van der Waals surface area contributed by atoms with Gasteiger partial charge in [0.15, 0.2) is 5.11 Å². The number of nitrogens with one attached hydrogen (secondary N) is 2. The van der Waals surface area contributed by atoms with E-state index in [2.05, 4.69) is 32.3 Å². The van der Waals surface area contributed by atoms with Crippen LogP contribution in [0.5, 0.6) is 0 Å². The van der Waals surface area contributed by atoms with Gasteiger partial charge in [-0.15, -0.1) is 0 Å². The van der Waals surface area contributed by atoms with Crippen LogP contribution in [0.1, 0.15) is 17.0 Å². The van der Waals surface area contributed by atoms with Gasteiger partial charge in [0.05, 0.1) is 5.69 Å². The van der Waals surface area contributed by atoms with E-state index in [1.165, 1.54) is 0 Å². The number of benzene rings is 2. The summed E-state index contributed by atoms with van der Waals surface area (Å²) >= 11 is 11.5. The lowest BCUT2D eigenvalue weighted by Gasteiger charge is -2.15. The van der Waals surface area contributed by atoms with Crippen LogP contribution in [0.15, 0.2) is 54.9 Å². The van der Waals surface area contributed by atoms with Crippen LogP contribution in [0, 0.1) is 13.8 Å². The van der Waals surface area contributed by atoms with Crippen molar-refractivity contribution in [2.45, 2.75) is 20.4 Å². The van der Waals surface area contributed by atoms with Crippen molar-refractivity contribution in [2.24, 2.45) is 0 Å². The summed E-state index contributed by atoms with van der Waals surface area (Å²) in [6, 6.07) is 14.0. The molecule has 0 saturated carbocycles. The van der Waals surface area contributed by atoms with Gasteiger partial charge in [-0.3, -0.25) is 0 Å². The van der Waals surface area contributed by atoms with E-state index in [1.807, 2.05) is 50.4 Å². The molecule has 3 rings (SSSR count). The van der Waals surface area contributed by atoms with Gasteiger partial charge in [0.25, 0.3) is 0 Å². The second kappa shape index (κ2) is 7.68.